The molecule has 0 bridgehead atoms. The van der Waals surface area contributed by atoms with E-state index in [1.165, 1.54) is 0 Å². The average Bonchev–Trinajstić information content (AvgIpc) is 2.86. The fourth-order valence-electron chi connectivity index (χ4n) is 2.12. The quantitative estimate of drug-likeness (QED) is 0.476. The van der Waals surface area contributed by atoms with Crippen molar-refractivity contribution < 1.29 is 4.79 Å². The summed E-state index contributed by atoms with van der Waals surface area (Å²) in [5, 5.41) is 2.96. The highest BCUT2D eigenvalue weighted by molar-refractivity contribution is 9.11. The van der Waals surface area contributed by atoms with Gasteiger partial charge in [-0.3, -0.25) is 4.79 Å². The minimum Gasteiger partial charge on any atom is -0.289 e. The van der Waals surface area contributed by atoms with E-state index in [4.69, 9.17) is 0 Å². The SMILES string of the molecule is Cc1cc(Br)c(C(=O)c2csc3ccccc23)cc1Br. The van der Waals surface area contributed by atoms with Crippen molar-refractivity contribution in [3.63, 3.8) is 0 Å². The molecule has 0 spiro atoms. The maximum Gasteiger partial charge on any atom is 0.195 e. The molecule has 0 N–H and O–H groups in total. The summed E-state index contributed by atoms with van der Waals surface area (Å²) >= 11 is 8.59. The minimum absolute atomic E-state index is 0.0509. The molecule has 1 aromatic heterocycles. The Labute approximate surface area is 137 Å². The number of benzene rings is 2. The smallest absolute Gasteiger partial charge is 0.195 e. The average molecular weight is 410 g/mol. The number of rotatable bonds is 2. The number of halogens is 2. The largest absolute Gasteiger partial charge is 0.289 e. The van der Waals surface area contributed by atoms with E-state index >= 15 is 0 Å². The van der Waals surface area contributed by atoms with Crippen molar-refractivity contribution in [1.82, 2.24) is 0 Å². The Balaban J connectivity index is 2.16. The first-order valence-corrected chi connectivity index (χ1v) is 8.51. The topological polar surface area (TPSA) is 17.1 Å². The van der Waals surface area contributed by atoms with Crippen LogP contribution in [0.15, 0.2) is 50.7 Å². The van der Waals surface area contributed by atoms with Crippen LogP contribution >= 0.6 is 43.2 Å². The molecule has 0 saturated heterocycles. The van der Waals surface area contributed by atoms with Gasteiger partial charge in [-0.1, -0.05) is 50.1 Å². The Kier molecular flexibility index (Phi) is 3.80. The summed E-state index contributed by atoms with van der Waals surface area (Å²) < 4.78 is 2.92. The zero-order valence-corrected chi connectivity index (χ0v) is 14.6. The summed E-state index contributed by atoms with van der Waals surface area (Å²) in [6.45, 7) is 2.00. The zero-order chi connectivity index (χ0) is 14.3. The molecule has 0 radical (unpaired) electrons. The normalized spacial score (nSPS) is 10.9. The van der Waals surface area contributed by atoms with Gasteiger partial charge in [0.15, 0.2) is 5.78 Å². The fourth-order valence-corrected chi connectivity index (χ4v) is 4.04. The molecule has 0 aliphatic rings. The van der Waals surface area contributed by atoms with Crippen LogP contribution in [0, 0.1) is 6.92 Å². The van der Waals surface area contributed by atoms with E-state index in [0.717, 1.165) is 30.2 Å². The second-order valence-corrected chi connectivity index (χ2v) is 7.18. The molecule has 3 aromatic rings. The number of hydrogen-bond donors (Lipinski definition) is 0. The molecular formula is C16H10Br2OS. The Hall–Kier alpha value is -0.970. The van der Waals surface area contributed by atoms with Gasteiger partial charge < -0.3 is 0 Å². The molecule has 0 unspecified atom stereocenters. The monoisotopic (exact) mass is 408 g/mol. The maximum absolute atomic E-state index is 12.8. The standard InChI is InChI=1S/C16H10Br2OS/c1-9-6-14(18)11(7-13(9)17)16(19)12-8-20-15-5-3-2-4-10(12)15/h2-8H,1H3. The van der Waals surface area contributed by atoms with E-state index in [1.807, 2.05) is 48.7 Å². The molecule has 4 heteroatoms. The van der Waals surface area contributed by atoms with Crippen LogP contribution in [0.2, 0.25) is 0 Å². The second kappa shape index (κ2) is 5.43. The van der Waals surface area contributed by atoms with Crippen molar-refractivity contribution in [2.75, 3.05) is 0 Å². The van der Waals surface area contributed by atoms with Crippen LogP contribution in [0.5, 0.6) is 0 Å². The number of carbonyl (C=O) groups excluding carboxylic acids is 1. The fraction of sp³-hybridized carbons (Fsp3) is 0.0625. The summed E-state index contributed by atoms with van der Waals surface area (Å²) in [5.74, 6) is 0.0509. The predicted molar refractivity (Wildman–Crippen MR) is 91.8 cm³/mol. The Morgan fingerprint density at radius 3 is 2.60 bits per heavy atom. The van der Waals surface area contributed by atoms with Gasteiger partial charge in [-0.2, -0.15) is 0 Å². The number of carbonyl (C=O) groups is 1. The predicted octanol–water partition coefficient (Wildman–Crippen LogP) is 5.97. The summed E-state index contributed by atoms with van der Waals surface area (Å²) in [6.07, 6.45) is 0. The molecule has 0 saturated carbocycles. The van der Waals surface area contributed by atoms with Gasteiger partial charge in [-0.05, 0) is 30.7 Å². The van der Waals surface area contributed by atoms with Gasteiger partial charge in [0.25, 0.3) is 0 Å². The van der Waals surface area contributed by atoms with Gasteiger partial charge in [0.2, 0.25) is 0 Å². The number of thiophene rings is 1. The Morgan fingerprint density at radius 2 is 1.80 bits per heavy atom. The highest BCUT2D eigenvalue weighted by atomic mass is 79.9. The third-order valence-corrected chi connectivity index (χ3v) is 5.69. The molecule has 0 fully saturated rings. The van der Waals surface area contributed by atoms with Crippen LogP contribution in [0.25, 0.3) is 10.1 Å². The van der Waals surface area contributed by atoms with E-state index in [0.29, 0.717) is 5.56 Å². The van der Waals surface area contributed by atoms with Gasteiger partial charge in [-0.25, -0.2) is 0 Å². The molecule has 100 valence electrons. The van der Waals surface area contributed by atoms with Crippen LogP contribution in [0.4, 0.5) is 0 Å². The van der Waals surface area contributed by atoms with E-state index in [9.17, 15) is 4.79 Å². The highest BCUT2D eigenvalue weighted by Gasteiger charge is 2.17. The summed E-state index contributed by atoms with van der Waals surface area (Å²) in [6, 6.07) is 11.8. The van der Waals surface area contributed by atoms with Gasteiger partial charge in [0.05, 0.1) is 0 Å². The summed E-state index contributed by atoms with van der Waals surface area (Å²) in [4.78, 5) is 12.8. The zero-order valence-electron chi connectivity index (χ0n) is 10.6. The van der Waals surface area contributed by atoms with Crippen molar-refractivity contribution in [1.29, 1.82) is 0 Å². The molecule has 1 nitrogen and oxygen atoms in total. The van der Waals surface area contributed by atoms with Crippen LogP contribution in [-0.4, -0.2) is 5.78 Å². The Bertz CT molecular complexity index is 820. The van der Waals surface area contributed by atoms with Crippen LogP contribution in [-0.2, 0) is 0 Å². The van der Waals surface area contributed by atoms with Crippen LogP contribution < -0.4 is 0 Å². The number of ketones is 1. The minimum atomic E-state index is 0.0509. The molecule has 3 rings (SSSR count). The molecule has 0 amide bonds. The molecule has 20 heavy (non-hydrogen) atoms. The van der Waals surface area contributed by atoms with Crippen molar-refractivity contribution >= 4 is 59.1 Å². The van der Waals surface area contributed by atoms with Gasteiger partial charge in [0.1, 0.15) is 0 Å². The van der Waals surface area contributed by atoms with Crippen molar-refractivity contribution in [2.45, 2.75) is 6.92 Å². The lowest BCUT2D eigenvalue weighted by Crippen LogP contribution is -2.02. The third-order valence-electron chi connectivity index (χ3n) is 3.22. The first-order chi connectivity index (χ1) is 9.58. The van der Waals surface area contributed by atoms with E-state index in [-0.39, 0.29) is 5.78 Å². The summed E-state index contributed by atoms with van der Waals surface area (Å²) in [7, 11) is 0. The molecule has 0 atom stereocenters. The number of aryl methyl sites for hydroxylation is 1. The maximum atomic E-state index is 12.8. The molecule has 2 aromatic carbocycles. The van der Waals surface area contributed by atoms with Crippen LogP contribution in [0.1, 0.15) is 21.5 Å². The summed E-state index contributed by atoms with van der Waals surface area (Å²) in [5.41, 5.74) is 2.55. The van der Waals surface area contributed by atoms with E-state index < -0.39 is 0 Å². The molecule has 0 aliphatic heterocycles. The highest BCUT2D eigenvalue weighted by Crippen LogP contribution is 2.31. The third kappa shape index (κ3) is 2.36. The first-order valence-electron chi connectivity index (χ1n) is 6.04. The van der Waals surface area contributed by atoms with E-state index in [1.54, 1.807) is 11.3 Å². The van der Waals surface area contributed by atoms with E-state index in [2.05, 4.69) is 31.9 Å². The van der Waals surface area contributed by atoms with Gasteiger partial charge in [-0.15, -0.1) is 11.3 Å². The molecule has 1 heterocycles. The van der Waals surface area contributed by atoms with Crippen molar-refractivity contribution in [3.05, 3.63) is 67.4 Å². The first kappa shape index (κ1) is 14.0. The van der Waals surface area contributed by atoms with Crippen molar-refractivity contribution in [3.8, 4) is 0 Å². The Morgan fingerprint density at radius 1 is 1.05 bits per heavy atom. The molecule has 0 aliphatic carbocycles. The van der Waals surface area contributed by atoms with Gasteiger partial charge in [0, 0.05) is 35.5 Å². The lowest BCUT2D eigenvalue weighted by Gasteiger charge is -2.06. The number of hydrogen-bond acceptors (Lipinski definition) is 2. The lowest BCUT2D eigenvalue weighted by molar-refractivity contribution is 0.104. The number of fused-ring (bicyclic) bond motifs is 1. The van der Waals surface area contributed by atoms with Crippen molar-refractivity contribution in [2.24, 2.45) is 0 Å². The molecular weight excluding hydrogens is 400 g/mol. The lowest BCUT2D eigenvalue weighted by atomic mass is 10.0. The van der Waals surface area contributed by atoms with Gasteiger partial charge >= 0.3 is 0 Å². The second-order valence-electron chi connectivity index (χ2n) is 4.56. The van der Waals surface area contributed by atoms with Crippen LogP contribution in [0.3, 0.4) is 0 Å².